The van der Waals surface area contributed by atoms with Gasteiger partial charge in [-0.05, 0) is 77.2 Å². The predicted molar refractivity (Wildman–Crippen MR) is 192 cm³/mol. The molecule has 0 atom stereocenters. The molecule has 0 saturated heterocycles. The lowest BCUT2D eigenvalue weighted by Gasteiger charge is -2.26. The minimum atomic E-state index is -0.0431. The minimum absolute atomic E-state index is 0.0431. The Morgan fingerprint density at radius 3 is 0.773 bits per heavy atom. The van der Waals surface area contributed by atoms with Crippen molar-refractivity contribution in [1.29, 1.82) is 0 Å². The van der Waals surface area contributed by atoms with E-state index in [1.165, 1.54) is 22.3 Å². The predicted octanol–water partition coefficient (Wildman–Crippen LogP) is 11.4. The van der Waals surface area contributed by atoms with Gasteiger partial charge in [0.05, 0.1) is 28.4 Å². The molecule has 4 aromatic rings. The van der Waals surface area contributed by atoms with E-state index in [9.17, 15) is 0 Å². The van der Waals surface area contributed by atoms with Gasteiger partial charge in [0.1, 0.15) is 23.0 Å². The molecule has 0 aromatic heterocycles. The number of rotatable bonds is 8. The summed E-state index contributed by atoms with van der Waals surface area (Å²) in [5.41, 5.74) is 5.03. The monoisotopic (exact) mass is 604 g/mol. The number of hydrogen-bond acceptors (Lipinski definition) is 4. The van der Waals surface area contributed by atoms with Gasteiger partial charge < -0.3 is 18.9 Å². The molecule has 0 radical (unpaired) electrons. The van der Waals surface area contributed by atoms with Crippen molar-refractivity contribution < 1.29 is 18.9 Å². The van der Waals surface area contributed by atoms with Crippen LogP contribution in [0.4, 0.5) is 0 Å². The van der Waals surface area contributed by atoms with Crippen LogP contribution in [0.15, 0.2) is 97.1 Å². The van der Waals surface area contributed by atoms with Crippen LogP contribution in [0.2, 0.25) is 0 Å². The second kappa shape index (κ2) is 25.6. The lowest BCUT2D eigenvalue weighted by molar-refractivity contribution is 0.414. The van der Waals surface area contributed by atoms with E-state index in [2.05, 4.69) is 62.4 Å². The van der Waals surface area contributed by atoms with Crippen LogP contribution in [0.25, 0.3) is 0 Å². The third kappa shape index (κ3) is 14.5. The van der Waals surface area contributed by atoms with Gasteiger partial charge in [-0.15, -0.1) is 0 Å². The zero-order chi connectivity index (χ0) is 34.0. The molecule has 44 heavy (non-hydrogen) atoms. The van der Waals surface area contributed by atoms with Crippen molar-refractivity contribution >= 4 is 0 Å². The Kier molecular flexibility index (Phi) is 24.5. The van der Waals surface area contributed by atoms with Crippen LogP contribution in [0, 0.1) is 0 Å². The Balaban J connectivity index is 0. The summed E-state index contributed by atoms with van der Waals surface area (Å²) in [6, 6.07) is 32.7. The van der Waals surface area contributed by atoms with Gasteiger partial charge in [-0.2, -0.15) is 0 Å². The van der Waals surface area contributed by atoms with E-state index >= 15 is 0 Å². The van der Waals surface area contributed by atoms with Crippen LogP contribution in [0.5, 0.6) is 23.0 Å². The molecule has 0 fully saturated rings. The largest absolute Gasteiger partial charge is 0.497 e. The summed E-state index contributed by atoms with van der Waals surface area (Å²) in [4.78, 5) is 0. The molecule has 0 amide bonds. The summed E-state index contributed by atoms with van der Waals surface area (Å²) >= 11 is 0. The standard InChI is InChI=1S/C17H20O2.C15H16O2.4C2H6/c1-17(2,13-5-9-15(18-3)10-6-13)14-7-11-16(19-4)12-8-14;1-16-14-7-3-12(4-8-14)11-13-5-9-15(17-2)10-6-13;4*1-2/h5-12H,1-4H3;3-10H,11H2,1-2H3;4*1-2H3. The molecule has 0 bridgehead atoms. The highest BCUT2D eigenvalue weighted by Gasteiger charge is 2.23. The number of hydrogen-bond donors (Lipinski definition) is 0. The fraction of sp³-hybridized carbons (Fsp3) is 0.400. The van der Waals surface area contributed by atoms with Gasteiger partial charge in [-0.25, -0.2) is 0 Å². The SMILES string of the molecule is CC.CC.CC.CC.COc1ccc(C(C)(C)c2ccc(OC)cc2)cc1.COc1ccc(Cc2ccc(OC)cc2)cc1. The first kappa shape index (κ1) is 42.2. The first-order chi connectivity index (χ1) is 21.4. The van der Waals surface area contributed by atoms with E-state index in [1.807, 2.05) is 104 Å². The van der Waals surface area contributed by atoms with E-state index in [4.69, 9.17) is 18.9 Å². The van der Waals surface area contributed by atoms with Crippen LogP contribution >= 0.6 is 0 Å². The first-order valence-corrected chi connectivity index (χ1v) is 15.9. The summed E-state index contributed by atoms with van der Waals surface area (Å²) < 4.78 is 20.7. The van der Waals surface area contributed by atoms with Crippen LogP contribution in [0.3, 0.4) is 0 Å². The summed E-state index contributed by atoms with van der Waals surface area (Å²) in [5.74, 6) is 3.55. The fourth-order valence-electron chi connectivity index (χ4n) is 3.90. The third-order valence-electron chi connectivity index (χ3n) is 6.35. The van der Waals surface area contributed by atoms with Gasteiger partial charge in [0.25, 0.3) is 0 Å². The smallest absolute Gasteiger partial charge is 0.118 e. The van der Waals surface area contributed by atoms with Crippen molar-refractivity contribution in [2.24, 2.45) is 0 Å². The number of methoxy groups -OCH3 is 4. The molecule has 0 spiro atoms. The highest BCUT2D eigenvalue weighted by Crippen LogP contribution is 2.33. The van der Waals surface area contributed by atoms with E-state index in [1.54, 1.807) is 28.4 Å². The number of ether oxygens (including phenoxy) is 4. The Hall–Kier alpha value is -3.92. The van der Waals surface area contributed by atoms with Crippen molar-refractivity contribution in [3.05, 3.63) is 119 Å². The molecule has 4 nitrogen and oxygen atoms in total. The first-order valence-electron chi connectivity index (χ1n) is 15.9. The van der Waals surface area contributed by atoms with E-state index < -0.39 is 0 Å². The summed E-state index contributed by atoms with van der Waals surface area (Å²) in [6.45, 7) is 20.4. The van der Waals surface area contributed by atoms with Gasteiger partial charge in [0.15, 0.2) is 0 Å². The lowest BCUT2D eigenvalue weighted by Crippen LogP contribution is -2.18. The summed E-state index contributed by atoms with van der Waals surface area (Å²) in [5, 5.41) is 0. The summed E-state index contributed by atoms with van der Waals surface area (Å²) in [6.07, 6.45) is 0.925. The molecule has 0 heterocycles. The maximum absolute atomic E-state index is 5.20. The van der Waals surface area contributed by atoms with Crippen molar-refractivity contribution in [1.82, 2.24) is 0 Å². The molecule has 4 aromatic carbocycles. The van der Waals surface area contributed by atoms with Gasteiger partial charge in [0, 0.05) is 5.41 Å². The second-order valence-corrected chi connectivity index (χ2v) is 8.95. The van der Waals surface area contributed by atoms with Crippen molar-refractivity contribution in [2.45, 2.75) is 81.1 Å². The maximum atomic E-state index is 5.20. The van der Waals surface area contributed by atoms with E-state index in [0.717, 1.165) is 29.4 Å². The molecule has 0 aliphatic carbocycles. The molecule has 0 unspecified atom stereocenters. The van der Waals surface area contributed by atoms with Crippen molar-refractivity contribution in [3.8, 4) is 23.0 Å². The molecule has 0 aliphatic rings. The van der Waals surface area contributed by atoms with Crippen molar-refractivity contribution in [2.75, 3.05) is 28.4 Å². The highest BCUT2D eigenvalue weighted by atomic mass is 16.5. The van der Waals surface area contributed by atoms with Gasteiger partial charge in [-0.1, -0.05) is 118 Å². The Bertz CT molecular complexity index is 1080. The maximum Gasteiger partial charge on any atom is 0.118 e. The topological polar surface area (TPSA) is 36.9 Å². The quantitative estimate of drug-likeness (QED) is 0.200. The van der Waals surface area contributed by atoms with Gasteiger partial charge >= 0.3 is 0 Å². The second-order valence-electron chi connectivity index (χ2n) is 8.95. The number of benzene rings is 4. The molecule has 0 N–H and O–H groups in total. The fourth-order valence-corrected chi connectivity index (χ4v) is 3.90. The minimum Gasteiger partial charge on any atom is -0.497 e. The highest BCUT2D eigenvalue weighted by molar-refractivity contribution is 5.42. The summed E-state index contributed by atoms with van der Waals surface area (Å²) in [7, 11) is 6.73. The van der Waals surface area contributed by atoms with Gasteiger partial charge in [0.2, 0.25) is 0 Å². The van der Waals surface area contributed by atoms with Crippen LogP contribution in [0.1, 0.15) is 91.5 Å². The van der Waals surface area contributed by atoms with Crippen LogP contribution in [-0.4, -0.2) is 28.4 Å². The van der Waals surface area contributed by atoms with Crippen molar-refractivity contribution in [3.63, 3.8) is 0 Å². The Labute approximate surface area is 270 Å². The zero-order valence-corrected chi connectivity index (χ0v) is 30.1. The Morgan fingerprint density at radius 1 is 0.364 bits per heavy atom. The van der Waals surface area contributed by atoms with Crippen LogP contribution in [-0.2, 0) is 11.8 Å². The molecular weight excluding hydrogens is 544 g/mol. The molecule has 4 rings (SSSR count). The van der Waals surface area contributed by atoms with Gasteiger partial charge in [-0.3, -0.25) is 0 Å². The van der Waals surface area contributed by atoms with E-state index in [0.29, 0.717) is 0 Å². The molecule has 244 valence electrons. The zero-order valence-electron chi connectivity index (χ0n) is 30.1. The average molecular weight is 605 g/mol. The molecule has 0 aliphatic heterocycles. The lowest BCUT2D eigenvalue weighted by atomic mass is 9.78. The molecule has 0 saturated carbocycles. The molecule has 4 heteroatoms. The van der Waals surface area contributed by atoms with E-state index in [-0.39, 0.29) is 5.41 Å². The average Bonchev–Trinajstić information content (AvgIpc) is 3.12. The van der Waals surface area contributed by atoms with Crippen LogP contribution < -0.4 is 18.9 Å². The normalized spacial score (nSPS) is 9.23. The third-order valence-corrected chi connectivity index (χ3v) is 6.35. The Morgan fingerprint density at radius 2 is 0.568 bits per heavy atom. The molecular formula is C40H60O4.